The second-order valence-electron chi connectivity index (χ2n) is 7.82. The average Bonchev–Trinajstić information content (AvgIpc) is 3.42. The summed E-state index contributed by atoms with van der Waals surface area (Å²) in [4.78, 5) is 12.6. The maximum atomic E-state index is 12.6. The Bertz CT molecular complexity index is 1200. The molecule has 1 N–H and O–H groups in total. The van der Waals surface area contributed by atoms with Crippen molar-refractivity contribution in [3.8, 4) is 5.75 Å². The van der Waals surface area contributed by atoms with E-state index in [9.17, 15) is 4.79 Å². The third-order valence-electron chi connectivity index (χ3n) is 4.85. The Labute approximate surface area is 186 Å². The van der Waals surface area contributed by atoms with Gasteiger partial charge in [0.1, 0.15) is 12.4 Å². The molecule has 4 rings (SSSR count). The number of amides is 1. The molecule has 0 radical (unpaired) electrons. The fourth-order valence-corrected chi connectivity index (χ4v) is 3.27. The van der Waals surface area contributed by atoms with Crippen LogP contribution in [0.15, 0.2) is 60.9 Å². The zero-order valence-corrected chi connectivity index (χ0v) is 18.3. The lowest BCUT2D eigenvalue weighted by Crippen LogP contribution is -2.12. The molecule has 0 aliphatic heterocycles. The van der Waals surface area contributed by atoms with Crippen molar-refractivity contribution in [1.29, 1.82) is 0 Å². The van der Waals surface area contributed by atoms with Crippen molar-refractivity contribution in [2.45, 2.75) is 40.0 Å². The molecule has 0 aliphatic rings. The molecule has 0 bridgehead atoms. The number of tetrazole rings is 1. The van der Waals surface area contributed by atoms with Gasteiger partial charge in [0.05, 0.1) is 24.5 Å². The first kappa shape index (κ1) is 21.2. The van der Waals surface area contributed by atoms with Crippen LogP contribution in [0, 0.1) is 6.92 Å². The van der Waals surface area contributed by atoms with Gasteiger partial charge in [0, 0.05) is 11.8 Å². The predicted molar refractivity (Wildman–Crippen MR) is 119 cm³/mol. The van der Waals surface area contributed by atoms with Crippen molar-refractivity contribution in [3.05, 3.63) is 83.4 Å². The minimum Gasteiger partial charge on any atom is -0.486 e. The van der Waals surface area contributed by atoms with Crippen LogP contribution in [0.25, 0.3) is 0 Å². The highest BCUT2D eigenvalue weighted by Crippen LogP contribution is 2.16. The second kappa shape index (κ2) is 9.42. The Balaban J connectivity index is 1.33. The molecule has 0 saturated carbocycles. The van der Waals surface area contributed by atoms with Gasteiger partial charge >= 0.3 is 0 Å². The van der Waals surface area contributed by atoms with Crippen LogP contribution < -0.4 is 10.1 Å². The lowest BCUT2D eigenvalue weighted by molar-refractivity contribution is 0.102. The van der Waals surface area contributed by atoms with E-state index < -0.39 is 0 Å². The molecule has 9 nitrogen and oxygen atoms in total. The first-order valence-electron chi connectivity index (χ1n) is 10.4. The van der Waals surface area contributed by atoms with Crippen molar-refractivity contribution < 1.29 is 9.53 Å². The van der Waals surface area contributed by atoms with Crippen LogP contribution in [0.3, 0.4) is 0 Å². The number of carbonyl (C=O) groups is 1. The fourth-order valence-electron chi connectivity index (χ4n) is 3.27. The Hall–Kier alpha value is -4.01. The number of anilines is 1. The lowest BCUT2D eigenvalue weighted by Gasteiger charge is -2.09. The highest BCUT2D eigenvalue weighted by Gasteiger charge is 2.11. The van der Waals surface area contributed by atoms with Gasteiger partial charge in [-0.1, -0.05) is 29.8 Å². The van der Waals surface area contributed by atoms with Crippen LogP contribution in [0.2, 0.25) is 0 Å². The van der Waals surface area contributed by atoms with Crippen molar-refractivity contribution in [2.24, 2.45) is 0 Å². The highest BCUT2D eigenvalue weighted by molar-refractivity contribution is 6.04. The van der Waals surface area contributed by atoms with Crippen molar-refractivity contribution in [2.75, 3.05) is 5.32 Å². The predicted octanol–water partition coefficient (Wildman–Crippen LogP) is 3.64. The van der Waals surface area contributed by atoms with Gasteiger partial charge in [-0.25, -0.2) is 4.68 Å². The topological polar surface area (TPSA) is 99.8 Å². The van der Waals surface area contributed by atoms with Crippen LogP contribution >= 0.6 is 0 Å². The number of nitrogens with one attached hydrogen (secondary N) is 1. The van der Waals surface area contributed by atoms with Gasteiger partial charge in [-0.15, -0.1) is 5.10 Å². The first-order valence-corrected chi connectivity index (χ1v) is 10.4. The SMILES string of the molecule is Cc1cccc(Cn2cc(NC(=O)c3ccc(OCc4nnnn4C(C)C)cc3)cn2)c1. The van der Waals surface area contributed by atoms with E-state index >= 15 is 0 Å². The number of rotatable bonds is 8. The van der Waals surface area contributed by atoms with E-state index in [0.717, 1.165) is 5.56 Å². The minimum atomic E-state index is -0.213. The molecule has 2 aromatic carbocycles. The van der Waals surface area contributed by atoms with Gasteiger partial charge in [-0.2, -0.15) is 5.10 Å². The summed E-state index contributed by atoms with van der Waals surface area (Å²) >= 11 is 0. The number of nitrogens with zero attached hydrogens (tertiary/aromatic N) is 6. The molecule has 1 amide bonds. The van der Waals surface area contributed by atoms with Crippen LogP contribution in [-0.4, -0.2) is 35.9 Å². The van der Waals surface area contributed by atoms with E-state index in [-0.39, 0.29) is 18.6 Å². The van der Waals surface area contributed by atoms with Gasteiger partial charge in [0.2, 0.25) is 0 Å². The monoisotopic (exact) mass is 431 g/mol. The Kier molecular flexibility index (Phi) is 6.25. The third kappa shape index (κ3) is 5.18. The van der Waals surface area contributed by atoms with Crippen LogP contribution in [0.4, 0.5) is 5.69 Å². The second-order valence-corrected chi connectivity index (χ2v) is 7.82. The fraction of sp³-hybridized carbons (Fsp3) is 0.261. The van der Waals surface area contributed by atoms with Crippen molar-refractivity contribution in [3.63, 3.8) is 0 Å². The van der Waals surface area contributed by atoms with Crippen LogP contribution in [-0.2, 0) is 13.2 Å². The zero-order chi connectivity index (χ0) is 22.5. The average molecular weight is 432 g/mol. The summed E-state index contributed by atoms with van der Waals surface area (Å²) in [5.74, 6) is 1.06. The maximum absolute atomic E-state index is 12.6. The van der Waals surface area contributed by atoms with Gasteiger partial charge < -0.3 is 10.1 Å². The number of hydrogen-bond acceptors (Lipinski definition) is 6. The van der Waals surface area contributed by atoms with E-state index in [2.05, 4.69) is 51.1 Å². The number of aromatic nitrogens is 6. The summed E-state index contributed by atoms with van der Waals surface area (Å²) < 4.78 is 9.26. The molecule has 0 aliphatic carbocycles. The summed E-state index contributed by atoms with van der Waals surface area (Å²) in [6.07, 6.45) is 3.46. The molecular weight excluding hydrogens is 406 g/mol. The van der Waals surface area contributed by atoms with Gasteiger partial charge in [-0.3, -0.25) is 9.48 Å². The number of ether oxygens (including phenoxy) is 1. The Morgan fingerprint density at radius 3 is 2.72 bits per heavy atom. The quantitative estimate of drug-likeness (QED) is 0.457. The largest absolute Gasteiger partial charge is 0.486 e. The molecule has 0 atom stereocenters. The Morgan fingerprint density at radius 2 is 1.97 bits per heavy atom. The molecule has 0 saturated heterocycles. The standard InChI is InChI=1S/C23H25N7O2/c1-16(2)30-22(26-27-28-30)15-32-21-9-7-19(8-10-21)23(31)25-20-12-24-29(14-20)13-18-6-4-5-17(3)11-18/h4-12,14,16H,13,15H2,1-3H3,(H,25,31). The summed E-state index contributed by atoms with van der Waals surface area (Å²) in [5, 5.41) is 18.8. The molecule has 0 fully saturated rings. The van der Waals surface area contributed by atoms with E-state index in [4.69, 9.17) is 4.74 Å². The molecule has 0 spiro atoms. The molecule has 0 unspecified atom stereocenters. The normalized spacial score (nSPS) is 11.0. The molecule has 32 heavy (non-hydrogen) atoms. The highest BCUT2D eigenvalue weighted by atomic mass is 16.5. The summed E-state index contributed by atoms with van der Waals surface area (Å²) in [6.45, 7) is 6.95. The van der Waals surface area contributed by atoms with Gasteiger partial charge in [-0.05, 0) is 61.0 Å². The van der Waals surface area contributed by atoms with Crippen LogP contribution in [0.5, 0.6) is 5.75 Å². The van der Waals surface area contributed by atoms with Gasteiger partial charge in [0.25, 0.3) is 5.91 Å². The molecule has 2 aromatic heterocycles. The van der Waals surface area contributed by atoms with Crippen molar-refractivity contribution in [1.82, 2.24) is 30.0 Å². The molecular formula is C23H25N7O2. The van der Waals surface area contributed by atoms with Crippen LogP contribution in [0.1, 0.15) is 47.2 Å². The van der Waals surface area contributed by atoms with E-state index in [1.807, 2.05) is 26.1 Å². The minimum absolute atomic E-state index is 0.149. The van der Waals surface area contributed by atoms with E-state index in [1.54, 1.807) is 39.8 Å². The van der Waals surface area contributed by atoms with E-state index in [0.29, 0.717) is 29.4 Å². The number of carbonyl (C=O) groups excluding carboxylic acids is 1. The molecule has 4 aromatic rings. The first-order chi connectivity index (χ1) is 15.5. The lowest BCUT2D eigenvalue weighted by atomic mass is 10.1. The molecule has 9 heteroatoms. The molecule has 2 heterocycles. The van der Waals surface area contributed by atoms with Gasteiger partial charge in [0.15, 0.2) is 5.82 Å². The maximum Gasteiger partial charge on any atom is 0.255 e. The number of benzene rings is 2. The Morgan fingerprint density at radius 1 is 1.16 bits per heavy atom. The number of aryl methyl sites for hydroxylation is 1. The summed E-state index contributed by atoms with van der Waals surface area (Å²) in [5.41, 5.74) is 3.53. The summed E-state index contributed by atoms with van der Waals surface area (Å²) in [6, 6.07) is 15.3. The number of hydrogen-bond donors (Lipinski definition) is 1. The molecule has 164 valence electrons. The zero-order valence-electron chi connectivity index (χ0n) is 18.3. The van der Waals surface area contributed by atoms with Crippen molar-refractivity contribution >= 4 is 11.6 Å². The third-order valence-corrected chi connectivity index (χ3v) is 4.85. The van der Waals surface area contributed by atoms with E-state index in [1.165, 1.54) is 5.56 Å². The smallest absolute Gasteiger partial charge is 0.255 e. The summed E-state index contributed by atoms with van der Waals surface area (Å²) in [7, 11) is 0.